The largest absolute Gasteiger partial charge is 0.586 e. The lowest BCUT2D eigenvalue weighted by atomic mass is 9.62. The summed E-state index contributed by atoms with van der Waals surface area (Å²) in [6, 6.07) is 3.56. The second-order valence-electron chi connectivity index (χ2n) is 8.10. The molecular formula is C18H19F2N7O2. The van der Waals surface area contributed by atoms with Gasteiger partial charge in [0.25, 0.3) is 0 Å². The van der Waals surface area contributed by atoms with E-state index in [-0.39, 0.29) is 23.0 Å². The number of hydrogen-bond donors (Lipinski definition) is 3. The molecule has 1 aromatic carbocycles. The lowest BCUT2D eigenvalue weighted by Crippen LogP contribution is -2.64. The van der Waals surface area contributed by atoms with Crippen LogP contribution in [0.5, 0.6) is 11.5 Å². The topological polar surface area (TPSA) is 112 Å². The van der Waals surface area contributed by atoms with Gasteiger partial charge in [0.1, 0.15) is 5.52 Å². The van der Waals surface area contributed by atoms with Gasteiger partial charge in [0.05, 0.1) is 0 Å². The summed E-state index contributed by atoms with van der Waals surface area (Å²) in [5.41, 5.74) is 7.16. The van der Waals surface area contributed by atoms with E-state index < -0.39 is 6.29 Å². The van der Waals surface area contributed by atoms with Gasteiger partial charge in [-0.05, 0) is 30.4 Å². The van der Waals surface area contributed by atoms with Gasteiger partial charge >= 0.3 is 6.29 Å². The van der Waals surface area contributed by atoms with Crippen molar-refractivity contribution in [2.75, 3.05) is 25.4 Å². The van der Waals surface area contributed by atoms with Gasteiger partial charge in [0, 0.05) is 37.5 Å². The minimum atomic E-state index is -3.72. The molecule has 0 amide bonds. The van der Waals surface area contributed by atoms with Crippen molar-refractivity contribution < 1.29 is 18.3 Å². The Morgan fingerprint density at radius 2 is 2.07 bits per heavy atom. The maximum absolute atomic E-state index is 13.4. The van der Waals surface area contributed by atoms with Crippen LogP contribution >= 0.6 is 0 Å². The number of halogens is 2. The number of benzene rings is 1. The van der Waals surface area contributed by atoms with Crippen LogP contribution in [0.25, 0.3) is 16.6 Å². The molecule has 1 saturated heterocycles. The van der Waals surface area contributed by atoms with E-state index in [1.165, 1.54) is 23.4 Å². The lowest BCUT2D eigenvalue weighted by molar-refractivity contribution is -0.286. The molecule has 9 nitrogen and oxygen atoms in total. The normalized spacial score (nSPS) is 21.6. The molecule has 3 aromatic rings. The number of fused-ring (bicyclic) bond motifs is 5. The predicted octanol–water partition coefficient (Wildman–Crippen LogP) is 1.07. The summed E-state index contributed by atoms with van der Waals surface area (Å²) in [7, 11) is 0. The Balaban J connectivity index is 1.25. The molecule has 29 heavy (non-hydrogen) atoms. The molecule has 1 aliphatic carbocycles. The summed E-state index contributed by atoms with van der Waals surface area (Å²) >= 11 is 0. The number of nitrogens with one attached hydrogen (secondary N) is 2. The third kappa shape index (κ3) is 2.60. The van der Waals surface area contributed by atoms with Crippen LogP contribution in [-0.2, 0) is 6.42 Å². The van der Waals surface area contributed by atoms with Gasteiger partial charge in [-0.1, -0.05) is 0 Å². The number of nitrogens with zero attached hydrogens (tertiary/aromatic N) is 4. The van der Waals surface area contributed by atoms with Gasteiger partial charge in [0.2, 0.25) is 5.95 Å². The monoisotopic (exact) mass is 403 g/mol. The number of aromatic nitrogens is 4. The van der Waals surface area contributed by atoms with Gasteiger partial charge < -0.3 is 25.8 Å². The van der Waals surface area contributed by atoms with Crippen molar-refractivity contribution in [2.45, 2.75) is 31.6 Å². The van der Waals surface area contributed by atoms with Crippen LogP contribution in [0.1, 0.15) is 18.7 Å². The second kappa shape index (κ2) is 5.63. The Bertz CT molecular complexity index is 1140. The van der Waals surface area contributed by atoms with E-state index >= 15 is 0 Å². The van der Waals surface area contributed by atoms with Gasteiger partial charge in [-0.15, -0.1) is 13.9 Å². The van der Waals surface area contributed by atoms with E-state index in [2.05, 4.69) is 35.2 Å². The van der Waals surface area contributed by atoms with E-state index in [0.29, 0.717) is 34.7 Å². The van der Waals surface area contributed by atoms with E-state index in [9.17, 15) is 8.78 Å². The van der Waals surface area contributed by atoms with Crippen LogP contribution < -0.4 is 25.8 Å². The molecule has 1 spiro atoms. The van der Waals surface area contributed by atoms with Crippen molar-refractivity contribution in [3.8, 4) is 11.5 Å². The number of ether oxygens (including phenoxy) is 2. The molecule has 0 atom stereocenters. The fourth-order valence-electron chi connectivity index (χ4n) is 4.53. The highest BCUT2D eigenvalue weighted by atomic mass is 19.3. The predicted molar refractivity (Wildman–Crippen MR) is 98.9 cm³/mol. The SMILES string of the molecule is Nc1nc2c3c(ccc2c2nc(CCNC4CC5(CNC5)C4)nn12)OC(F)(F)O3. The third-order valence-corrected chi connectivity index (χ3v) is 6.02. The molecule has 0 unspecified atom stereocenters. The highest BCUT2D eigenvalue weighted by Crippen LogP contribution is 2.46. The molecule has 6 rings (SSSR count). The van der Waals surface area contributed by atoms with Gasteiger partial charge in [-0.3, -0.25) is 0 Å². The fourth-order valence-corrected chi connectivity index (χ4v) is 4.53. The van der Waals surface area contributed by atoms with Crippen LogP contribution in [-0.4, -0.2) is 51.6 Å². The summed E-state index contributed by atoms with van der Waals surface area (Å²) in [6.45, 7) is 3.01. The van der Waals surface area contributed by atoms with Crippen molar-refractivity contribution >= 4 is 22.5 Å². The maximum atomic E-state index is 13.4. The fraction of sp³-hybridized carbons (Fsp3) is 0.500. The average molecular weight is 403 g/mol. The molecule has 0 bridgehead atoms. The van der Waals surface area contributed by atoms with Crippen LogP contribution in [0.3, 0.4) is 0 Å². The highest BCUT2D eigenvalue weighted by Gasteiger charge is 2.48. The van der Waals surface area contributed by atoms with Gasteiger partial charge in [-0.2, -0.15) is 4.52 Å². The lowest BCUT2D eigenvalue weighted by Gasteiger charge is -2.54. The van der Waals surface area contributed by atoms with Crippen LogP contribution in [0.2, 0.25) is 0 Å². The Hall–Kier alpha value is -2.79. The Kier molecular flexibility index (Phi) is 3.32. The zero-order valence-corrected chi connectivity index (χ0v) is 15.4. The molecule has 1 saturated carbocycles. The molecule has 4 heterocycles. The van der Waals surface area contributed by atoms with Gasteiger partial charge in [0.15, 0.2) is 23.0 Å². The summed E-state index contributed by atoms with van der Waals surface area (Å²) in [5.74, 6) is 0.436. The van der Waals surface area contributed by atoms with E-state index in [4.69, 9.17) is 5.73 Å². The number of nitrogens with two attached hydrogens (primary N) is 1. The minimum absolute atomic E-state index is 0.0462. The first-order valence-electron chi connectivity index (χ1n) is 9.59. The summed E-state index contributed by atoms with van der Waals surface area (Å²) in [6.07, 6.45) is -0.678. The minimum Gasteiger partial charge on any atom is -0.395 e. The van der Waals surface area contributed by atoms with Crippen molar-refractivity contribution in [1.29, 1.82) is 0 Å². The highest BCUT2D eigenvalue weighted by molar-refractivity contribution is 5.97. The molecule has 3 aliphatic rings. The smallest absolute Gasteiger partial charge is 0.395 e. The molecule has 2 fully saturated rings. The molecule has 2 aliphatic heterocycles. The molecule has 4 N–H and O–H groups in total. The Morgan fingerprint density at radius 1 is 1.24 bits per heavy atom. The van der Waals surface area contributed by atoms with Gasteiger partial charge in [-0.25, -0.2) is 9.97 Å². The zero-order valence-electron chi connectivity index (χ0n) is 15.4. The molecule has 2 aromatic heterocycles. The number of alkyl halides is 2. The molecular weight excluding hydrogens is 384 g/mol. The molecule has 11 heteroatoms. The van der Waals surface area contributed by atoms with E-state index in [1.54, 1.807) is 6.07 Å². The van der Waals surface area contributed by atoms with Crippen molar-refractivity contribution in [2.24, 2.45) is 5.41 Å². The standard InChI is InChI=1S/C18H19F2N7O2/c19-18(20)28-11-2-1-10-13(14(11)29-18)25-16(21)27-15(10)24-12(26-27)3-4-23-9-5-17(6-9)7-22-8-17/h1-2,9,22-23H,3-8H2,(H2,21,25). The quantitative estimate of drug-likeness (QED) is 0.593. The van der Waals surface area contributed by atoms with E-state index in [0.717, 1.165) is 19.6 Å². The first-order chi connectivity index (χ1) is 13.9. The first kappa shape index (κ1) is 17.1. The number of hydrogen-bond acceptors (Lipinski definition) is 8. The Labute approximate surface area is 163 Å². The van der Waals surface area contributed by atoms with Crippen LogP contribution in [0.15, 0.2) is 12.1 Å². The molecule has 152 valence electrons. The van der Waals surface area contributed by atoms with Crippen LogP contribution in [0.4, 0.5) is 14.7 Å². The average Bonchev–Trinajstić information content (AvgIpc) is 3.15. The van der Waals surface area contributed by atoms with Crippen molar-refractivity contribution in [1.82, 2.24) is 30.2 Å². The Morgan fingerprint density at radius 3 is 2.83 bits per heavy atom. The number of anilines is 1. The van der Waals surface area contributed by atoms with Crippen LogP contribution in [0, 0.1) is 5.41 Å². The number of nitrogen functional groups attached to an aromatic ring is 1. The number of rotatable bonds is 4. The van der Waals surface area contributed by atoms with E-state index in [1.807, 2.05) is 0 Å². The zero-order chi connectivity index (χ0) is 19.8. The maximum Gasteiger partial charge on any atom is 0.586 e. The summed E-state index contributed by atoms with van der Waals surface area (Å²) in [4.78, 5) is 8.75. The summed E-state index contributed by atoms with van der Waals surface area (Å²) in [5, 5.41) is 11.8. The summed E-state index contributed by atoms with van der Waals surface area (Å²) < 4.78 is 37.4. The molecule has 0 radical (unpaired) electrons. The third-order valence-electron chi connectivity index (χ3n) is 6.02. The van der Waals surface area contributed by atoms with Crippen molar-refractivity contribution in [3.63, 3.8) is 0 Å². The first-order valence-corrected chi connectivity index (χ1v) is 9.59. The second-order valence-corrected chi connectivity index (χ2v) is 8.10. The van der Waals surface area contributed by atoms with Crippen molar-refractivity contribution in [3.05, 3.63) is 18.0 Å².